The van der Waals surface area contributed by atoms with Crippen molar-refractivity contribution in [3.63, 3.8) is 0 Å². The van der Waals surface area contributed by atoms with E-state index in [9.17, 15) is 8.78 Å². The number of rotatable bonds is 7. The number of hydrogen-bond donors (Lipinski definition) is 1. The van der Waals surface area contributed by atoms with Gasteiger partial charge in [-0.1, -0.05) is 36.4 Å². The minimum absolute atomic E-state index is 0. The van der Waals surface area contributed by atoms with E-state index in [1.165, 1.54) is 29.8 Å². The molecule has 1 saturated heterocycles. The molecule has 3 aromatic carbocycles. The number of halogens is 3. The van der Waals surface area contributed by atoms with Crippen LogP contribution in [-0.4, -0.2) is 40.1 Å². The zero-order valence-corrected chi connectivity index (χ0v) is 19.8. The highest BCUT2D eigenvalue weighted by atomic mass is 35.5. The van der Waals surface area contributed by atoms with Crippen molar-refractivity contribution in [3.05, 3.63) is 95.6 Å². The second-order valence-electron chi connectivity index (χ2n) is 8.77. The van der Waals surface area contributed by atoms with Gasteiger partial charge in [-0.15, -0.1) is 12.4 Å². The van der Waals surface area contributed by atoms with Crippen molar-refractivity contribution in [2.75, 3.05) is 25.0 Å². The fourth-order valence-corrected chi connectivity index (χ4v) is 4.54. The largest absolute Gasteiger partial charge is 0.353 e. The second kappa shape index (κ2) is 11.0. The number of benzene rings is 3. The predicted molar refractivity (Wildman–Crippen MR) is 136 cm³/mol. The molecule has 2 heterocycles. The molecule has 0 atom stereocenters. The minimum atomic E-state index is -0.223. The van der Waals surface area contributed by atoms with Crippen molar-refractivity contribution in [1.82, 2.24) is 14.5 Å². The molecule has 0 amide bonds. The minimum Gasteiger partial charge on any atom is -0.353 e. The third-order valence-corrected chi connectivity index (χ3v) is 6.46. The van der Waals surface area contributed by atoms with Gasteiger partial charge in [-0.05, 0) is 66.8 Å². The summed E-state index contributed by atoms with van der Waals surface area (Å²) in [5.41, 5.74) is 4.24. The Morgan fingerprint density at radius 3 is 2.12 bits per heavy atom. The molecular formula is C27H29ClF2N4. The highest BCUT2D eigenvalue weighted by Gasteiger charge is 2.21. The van der Waals surface area contributed by atoms with Crippen LogP contribution in [0.4, 0.5) is 14.7 Å². The van der Waals surface area contributed by atoms with E-state index >= 15 is 0 Å². The van der Waals surface area contributed by atoms with E-state index in [2.05, 4.69) is 20.9 Å². The molecule has 34 heavy (non-hydrogen) atoms. The molecule has 4 aromatic rings. The maximum atomic E-state index is 13.4. The van der Waals surface area contributed by atoms with Crippen LogP contribution in [0.25, 0.3) is 11.0 Å². The second-order valence-corrected chi connectivity index (χ2v) is 8.77. The van der Waals surface area contributed by atoms with E-state index in [1.807, 2.05) is 42.5 Å². The van der Waals surface area contributed by atoms with E-state index in [0.29, 0.717) is 12.6 Å². The standard InChI is InChI=1S/C27H28F2N4.ClH/c28-22-9-5-20(6-10-22)13-16-32-17-14-24(15-18-32)30-27-31-25-3-1-2-4-26(25)33(27)19-21-7-11-23(29)12-8-21;/h1-12,24H,13-19H2,(H,30,31);1H. The van der Waals surface area contributed by atoms with Gasteiger partial charge in [-0.2, -0.15) is 0 Å². The molecule has 0 radical (unpaired) electrons. The monoisotopic (exact) mass is 482 g/mol. The van der Waals surface area contributed by atoms with E-state index < -0.39 is 0 Å². The Balaban J connectivity index is 0.00000274. The molecule has 7 heteroatoms. The molecule has 1 fully saturated rings. The molecule has 0 unspecified atom stereocenters. The Morgan fingerprint density at radius 2 is 1.44 bits per heavy atom. The first kappa shape index (κ1) is 24.2. The molecule has 4 nitrogen and oxygen atoms in total. The first-order chi connectivity index (χ1) is 16.1. The average molecular weight is 483 g/mol. The molecule has 0 aliphatic carbocycles. The Labute approximate surface area is 205 Å². The van der Waals surface area contributed by atoms with E-state index in [1.54, 1.807) is 0 Å². The van der Waals surface area contributed by atoms with Crippen LogP contribution in [0.3, 0.4) is 0 Å². The summed E-state index contributed by atoms with van der Waals surface area (Å²) in [6.07, 6.45) is 3.03. The number of para-hydroxylation sites is 2. The molecule has 1 aromatic heterocycles. The predicted octanol–water partition coefficient (Wildman–Crippen LogP) is 5.90. The summed E-state index contributed by atoms with van der Waals surface area (Å²) in [5.74, 6) is 0.458. The van der Waals surface area contributed by atoms with Crippen molar-refractivity contribution in [3.8, 4) is 0 Å². The van der Waals surface area contributed by atoms with Gasteiger partial charge < -0.3 is 14.8 Å². The molecule has 178 valence electrons. The number of aromatic nitrogens is 2. The average Bonchev–Trinajstić information content (AvgIpc) is 3.18. The molecule has 0 saturated carbocycles. The third kappa shape index (κ3) is 5.75. The normalized spacial score (nSPS) is 14.8. The fraction of sp³-hybridized carbons (Fsp3) is 0.296. The zero-order chi connectivity index (χ0) is 22.6. The summed E-state index contributed by atoms with van der Waals surface area (Å²) in [6.45, 7) is 3.68. The first-order valence-electron chi connectivity index (χ1n) is 11.6. The van der Waals surface area contributed by atoms with Gasteiger partial charge in [-0.3, -0.25) is 0 Å². The SMILES string of the molecule is Cl.Fc1ccc(CCN2CCC(Nc3nc4ccccc4n3Cc3ccc(F)cc3)CC2)cc1. The molecule has 0 spiro atoms. The van der Waals surface area contributed by atoms with Crippen molar-refractivity contribution >= 4 is 29.4 Å². The summed E-state index contributed by atoms with van der Waals surface area (Å²) >= 11 is 0. The summed E-state index contributed by atoms with van der Waals surface area (Å²) in [4.78, 5) is 7.33. The van der Waals surface area contributed by atoms with Crippen LogP contribution in [0.15, 0.2) is 72.8 Å². The Morgan fingerprint density at radius 1 is 0.824 bits per heavy atom. The number of hydrogen-bond acceptors (Lipinski definition) is 3. The van der Waals surface area contributed by atoms with Gasteiger partial charge in [-0.25, -0.2) is 13.8 Å². The summed E-state index contributed by atoms with van der Waals surface area (Å²) in [5, 5.41) is 3.68. The van der Waals surface area contributed by atoms with Crippen LogP contribution in [0.2, 0.25) is 0 Å². The zero-order valence-electron chi connectivity index (χ0n) is 19.0. The lowest BCUT2D eigenvalue weighted by molar-refractivity contribution is 0.221. The lowest BCUT2D eigenvalue weighted by Crippen LogP contribution is -2.40. The molecular weight excluding hydrogens is 454 g/mol. The smallest absolute Gasteiger partial charge is 0.204 e. The molecule has 0 bridgehead atoms. The fourth-order valence-electron chi connectivity index (χ4n) is 4.54. The molecule has 1 aliphatic rings. The van der Waals surface area contributed by atoms with Crippen LogP contribution in [0, 0.1) is 11.6 Å². The van der Waals surface area contributed by atoms with E-state index in [4.69, 9.17) is 4.98 Å². The number of piperidine rings is 1. The lowest BCUT2D eigenvalue weighted by atomic mass is 10.0. The van der Waals surface area contributed by atoms with Gasteiger partial charge in [0.05, 0.1) is 17.6 Å². The van der Waals surface area contributed by atoms with Crippen LogP contribution < -0.4 is 5.32 Å². The number of likely N-dealkylation sites (tertiary alicyclic amines) is 1. The van der Waals surface area contributed by atoms with Gasteiger partial charge in [0.2, 0.25) is 5.95 Å². The van der Waals surface area contributed by atoms with Crippen molar-refractivity contribution in [2.45, 2.75) is 31.8 Å². The Kier molecular flexibility index (Phi) is 7.80. The Bertz CT molecular complexity index is 1200. The van der Waals surface area contributed by atoms with Gasteiger partial charge in [0.1, 0.15) is 11.6 Å². The van der Waals surface area contributed by atoms with Crippen molar-refractivity contribution < 1.29 is 8.78 Å². The summed E-state index contributed by atoms with van der Waals surface area (Å²) < 4.78 is 28.6. The number of imidazole rings is 1. The summed E-state index contributed by atoms with van der Waals surface area (Å²) in [6, 6.07) is 21.9. The number of nitrogens with one attached hydrogen (secondary N) is 1. The van der Waals surface area contributed by atoms with Crippen LogP contribution in [0.5, 0.6) is 0 Å². The third-order valence-electron chi connectivity index (χ3n) is 6.46. The van der Waals surface area contributed by atoms with Gasteiger partial charge >= 0.3 is 0 Å². The Hall–Kier alpha value is -2.96. The number of nitrogens with zero attached hydrogens (tertiary/aromatic N) is 3. The molecule has 5 rings (SSSR count). The van der Waals surface area contributed by atoms with E-state index in [0.717, 1.165) is 61.4 Å². The van der Waals surface area contributed by atoms with E-state index in [-0.39, 0.29) is 24.0 Å². The van der Waals surface area contributed by atoms with Gasteiger partial charge in [0, 0.05) is 25.7 Å². The highest BCUT2D eigenvalue weighted by Crippen LogP contribution is 2.24. The van der Waals surface area contributed by atoms with Gasteiger partial charge in [0.15, 0.2) is 0 Å². The van der Waals surface area contributed by atoms with Crippen LogP contribution in [0.1, 0.15) is 24.0 Å². The topological polar surface area (TPSA) is 33.1 Å². The van der Waals surface area contributed by atoms with Crippen LogP contribution in [-0.2, 0) is 13.0 Å². The molecule has 1 aliphatic heterocycles. The van der Waals surface area contributed by atoms with Gasteiger partial charge in [0.25, 0.3) is 0 Å². The quantitative estimate of drug-likeness (QED) is 0.356. The maximum absolute atomic E-state index is 13.4. The van der Waals surface area contributed by atoms with Crippen molar-refractivity contribution in [1.29, 1.82) is 0 Å². The lowest BCUT2D eigenvalue weighted by Gasteiger charge is -2.32. The highest BCUT2D eigenvalue weighted by molar-refractivity contribution is 5.85. The maximum Gasteiger partial charge on any atom is 0.204 e. The summed E-state index contributed by atoms with van der Waals surface area (Å²) in [7, 11) is 0. The molecule has 1 N–H and O–H groups in total. The first-order valence-corrected chi connectivity index (χ1v) is 11.6. The van der Waals surface area contributed by atoms with Crippen LogP contribution >= 0.6 is 12.4 Å². The van der Waals surface area contributed by atoms with Crippen molar-refractivity contribution in [2.24, 2.45) is 0 Å². The number of anilines is 1. The number of fused-ring (bicyclic) bond motifs is 1.